The van der Waals surface area contributed by atoms with E-state index in [4.69, 9.17) is 8.83 Å². The molecule has 2 aromatic heterocycles. The molecule has 0 spiro atoms. The number of nitrogens with zero attached hydrogens (tertiary/aromatic N) is 1. The lowest BCUT2D eigenvalue weighted by Gasteiger charge is -2.26. The molecule has 0 saturated carbocycles. The van der Waals surface area contributed by atoms with Crippen LogP contribution in [-0.4, -0.2) is 0 Å². The van der Waals surface area contributed by atoms with Crippen molar-refractivity contribution >= 4 is 60.9 Å². The largest absolute Gasteiger partial charge is 0.456 e. The molecule has 0 amide bonds. The van der Waals surface area contributed by atoms with Gasteiger partial charge in [-0.15, -0.1) is 0 Å². The van der Waals surface area contributed by atoms with E-state index in [0.717, 1.165) is 77.6 Å². The second-order valence-electron chi connectivity index (χ2n) is 18.1. The summed E-state index contributed by atoms with van der Waals surface area (Å²) in [6.45, 7) is 4.70. The quantitative estimate of drug-likeness (QED) is 0.160. The zero-order chi connectivity index (χ0) is 43.9. The average Bonchev–Trinajstić information content (AvgIpc) is 4.02. The Morgan fingerprint density at radius 2 is 0.803 bits per heavy atom. The van der Waals surface area contributed by atoms with Crippen LogP contribution < -0.4 is 4.90 Å². The van der Waals surface area contributed by atoms with Crippen molar-refractivity contribution in [2.24, 2.45) is 0 Å². The maximum atomic E-state index is 6.47. The van der Waals surface area contributed by atoms with E-state index in [-0.39, 0.29) is 5.41 Å². The third kappa shape index (κ3) is 6.12. The third-order valence-electron chi connectivity index (χ3n) is 13.9. The molecular weight excluding hydrogens is 803 g/mol. The lowest BCUT2D eigenvalue weighted by molar-refractivity contribution is 0.660. The predicted molar refractivity (Wildman–Crippen MR) is 275 cm³/mol. The molecule has 12 aromatic rings. The molecule has 0 aliphatic heterocycles. The molecule has 0 radical (unpaired) electrons. The smallest absolute Gasteiger partial charge is 0.143 e. The van der Waals surface area contributed by atoms with E-state index in [0.29, 0.717) is 0 Å². The van der Waals surface area contributed by atoms with Gasteiger partial charge in [-0.05, 0) is 134 Å². The average molecular weight is 846 g/mol. The van der Waals surface area contributed by atoms with Crippen LogP contribution in [0.25, 0.3) is 99.5 Å². The Morgan fingerprint density at radius 1 is 0.303 bits per heavy atom. The zero-order valence-electron chi connectivity index (χ0n) is 36.6. The van der Waals surface area contributed by atoms with E-state index in [1.54, 1.807) is 0 Å². The molecule has 1 aliphatic rings. The molecule has 0 fully saturated rings. The summed E-state index contributed by atoms with van der Waals surface area (Å²) in [6.07, 6.45) is 0. The maximum Gasteiger partial charge on any atom is 0.143 e. The van der Waals surface area contributed by atoms with E-state index >= 15 is 0 Å². The summed E-state index contributed by atoms with van der Waals surface area (Å²) < 4.78 is 12.7. The first-order valence-corrected chi connectivity index (χ1v) is 22.7. The van der Waals surface area contributed by atoms with Crippen LogP contribution >= 0.6 is 0 Å². The molecule has 0 unspecified atom stereocenters. The minimum atomic E-state index is -0.156. The molecule has 312 valence electrons. The molecule has 10 aromatic carbocycles. The fourth-order valence-electron chi connectivity index (χ4n) is 10.5. The van der Waals surface area contributed by atoms with Gasteiger partial charge in [-0.1, -0.05) is 166 Å². The van der Waals surface area contributed by atoms with Crippen molar-refractivity contribution < 1.29 is 8.83 Å². The van der Waals surface area contributed by atoms with Gasteiger partial charge in [-0.25, -0.2) is 0 Å². The van der Waals surface area contributed by atoms with E-state index in [1.807, 2.05) is 18.2 Å². The molecule has 0 atom stereocenters. The van der Waals surface area contributed by atoms with Gasteiger partial charge in [0.25, 0.3) is 0 Å². The first-order chi connectivity index (χ1) is 32.4. The Labute approximate surface area is 383 Å². The second-order valence-corrected chi connectivity index (χ2v) is 18.1. The van der Waals surface area contributed by atoms with Crippen molar-refractivity contribution in [3.05, 3.63) is 236 Å². The Morgan fingerprint density at radius 3 is 1.48 bits per heavy atom. The Bertz CT molecular complexity index is 3820. The SMILES string of the molecule is CC1(C)c2ccc(-c3ccc(N(c4ccc(-c5ccccc5)cc4)c4ccc(-c5ccc6c(c5)oc5ccccc56)cc4)cc3)cc2-c2ccc(-c3cccc4c3oc3ccccc34)cc21. The summed E-state index contributed by atoms with van der Waals surface area (Å²) in [5, 5.41) is 4.58. The third-order valence-corrected chi connectivity index (χ3v) is 13.9. The lowest BCUT2D eigenvalue weighted by atomic mass is 9.81. The van der Waals surface area contributed by atoms with E-state index in [1.165, 1.54) is 50.1 Å². The molecule has 0 saturated heterocycles. The highest BCUT2D eigenvalue weighted by Crippen LogP contribution is 2.51. The molecule has 0 bridgehead atoms. The standard InChI is InChI=1S/C63H43NO2/c1-63(2)57-36-27-44(37-56(57)51-34-26-46(38-58(51)63)50-15-10-16-55-53-14-7-9-18-60(53)66-62(50)55)42-21-30-48(31-22-42)64(47-28-19-41(20-29-47)40-11-4-3-5-12-40)49-32-23-43(24-33-49)45-25-35-54-52-13-6-8-17-59(52)65-61(54)39-45/h3-39H,1-2H3. The number of para-hydroxylation sites is 3. The van der Waals surface area contributed by atoms with Crippen molar-refractivity contribution in [3.8, 4) is 55.6 Å². The molecule has 3 heteroatoms. The van der Waals surface area contributed by atoms with Gasteiger partial charge in [0.1, 0.15) is 22.3 Å². The first-order valence-electron chi connectivity index (χ1n) is 22.7. The molecule has 1 aliphatic carbocycles. The topological polar surface area (TPSA) is 29.5 Å². The van der Waals surface area contributed by atoms with Gasteiger partial charge in [0.2, 0.25) is 0 Å². The van der Waals surface area contributed by atoms with Crippen LogP contribution in [-0.2, 0) is 5.41 Å². The molecule has 13 rings (SSSR count). The fraction of sp³-hybridized carbons (Fsp3) is 0.0476. The van der Waals surface area contributed by atoms with Gasteiger partial charge in [0, 0.05) is 49.6 Å². The summed E-state index contributed by atoms with van der Waals surface area (Å²) in [5.74, 6) is 0. The van der Waals surface area contributed by atoms with Crippen molar-refractivity contribution in [1.82, 2.24) is 0 Å². The fourth-order valence-corrected chi connectivity index (χ4v) is 10.5. The van der Waals surface area contributed by atoms with Crippen LogP contribution in [0.3, 0.4) is 0 Å². The van der Waals surface area contributed by atoms with Crippen LogP contribution in [0.4, 0.5) is 17.1 Å². The molecule has 3 nitrogen and oxygen atoms in total. The Balaban J connectivity index is 0.840. The summed E-state index contributed by atoms with van der Waals surface area (Å²) in [4.78, 5) is 2.34. The van der Waals surface area contributed by atoms with E-state index < -0.39 is 0 Å². The van der Waals surface area contributed by atoms with Gasteiger partial charge >= 0.3 is 0 Å². The second kappa shape index (κ2) is 14.8. The number of benzene rings is 10. The van der Waals surface area contributed by atoms with Gasteiger partial charge in [-0.3, -0.25) is 0 Å². The maximum absolute atomic E-state index is 6.47. The van der Waals surface area contributed by atoms with Crippen molar-refractivity contribution in [1.29, 1.82) is 0 Å². The normalized spacial score (nSPS) is 12.8. The number of fused-ring (bicyclic) bond motifs is 9. The number of furan rings is 2. The van der Waals surface area contributed by atoms with Gasteiger partial charge in [0.05, 0.1) is 0 Å². The summed E-state index contributed by atoms with van der Waals surface area (Å²) >= 11 is 0. The van der Waals surface area contributed by atoms with Crippen LogP contribution in [0, 0.1) is 0 Å². The minimum absolute atomic E-state index is 0.156. The first kappa shape index (κ1) is 38.1. The van der Waals surface area contributed by atoms with Crippen LogP contribution in [0.5, 0.6) is 0 Å². The number of rotatable bonds is 7. The number of hydrogen-bond acceptors (Lipinski definition) is 3. The van der Waals surface area contributed by atoms with Gasteiger partial charge < -0.3 is 13.7 Å². The highest BCUT2D eigenvalue weighted by atomic mass is 16.3. The highest BCUT2D eigenvalue weighted by molar-refractivity contribution is 6.10. The van der Waals surface area contributed by atoms with E-state index in [9.17, 15) is 0 Å². The van der Waals surface area contributed by atoms with Crippen LogP contribution in [0.15, 0.2) is 233 Å². The van der Waals surface area contributed by atoms with Crippen molar-refractivity contribution in [3.63, 3.8) is 0 Å². The predicted octanol–water partition coefficient (Wildman–Crippen LogP) is 17.9. The monoisotopic (exact) mass is 845 g/mol. The summed E-state index contributed by atoms with van der Waals surface area (Å²) in [6, 6.07) is 80.9. The van der Waals surface area contributed by atoms with Gasteiger partial charge in [-0.2, -0.15) is 0 Å². The highest BCUT2D eigenvalue weighted by Gasteiger charge is 2.36. The molecule has 2 heterocycles. The van der Waals surface area contributed by atoms with Crippen LogP contribution in [0.2, 0.25) is 0 Å². The molecule has 66 heavy (non-hydrogen) atoms. The minimum Gasteiger partial charge on any atom is -0.456 e. The van der Waals surface area contributed by atoms with Crippen molar-refractivity contribution in [2.45, 2.75) is 19.3 Å². The zero-order valence-corrected chi connectivity index (χ0v) is 36.6. The lowest BCUT2D eigenvalue weighted by Crippen LogP contribution is -2.15. The molecule has 0 N–H and O–H groups in total. The Kier molecular flexibility index (Phi) is 8.56. The van der Waals surface area contributed by atoms with Gasteiger partial charge in [0.15, 0.2) is 0 Å². The van der Waals surface area contributed by atoms with Crippen LogP contribution in [0.1, 0.15) is 25.0 Å². The summed E-state index contributed by atoms with van der Waals surface area (Å²) in [5.41, 5.74) is 21.4. The Hall–Kier alpha value is -8.40. The molecular formula is C63H43NO2. The number of hydrogen-bond donors (Lipinski definition) is 0. The number of anilines is 3. The van der Waals surface area contributed by atoms with E-state index in [2.05, 4.69) is 225 Å². The van der Waals surface area contributed by atoms with Crippen molar-refractivity contribution in [2.75, 3.05) is 4.90 Å². The summed E-state index contributed by atoms with van der Waals surface area (Å²) in [7, 11) is 0.